The lowest BCUT2D eigenvalue weighted by molar-refractivity contribution is -0.151. The molecule has 1 fully saturated rings. The highest BCUT2D eigenvalue weighted by Crippen LogP contribution is 2.25. The van der Waals surface area contributed by atoms with Crippen molar-refractivity contribution in [3.05, 3.63) is 42.0 Å². The standard InChI is InChI=1S/C19H19NO6/c1-12(18(22)26-11-17(21)20-7-8-25-19(20)23)13-3-4-15-10-16(24-2)6-5-14(15)9-13/h3-6,9-10,12H,7-8,11H2,1-2H3/t12-/m0/s1. The lowest BCUT2D eigenvalue weighted by Gasteiger charge is -2.14. The van der Waals surface area contributed by atoms with E-state index in [9.17, 15) is 14.4 Å². The molecule has 1 saturated heterocycles. The van der Waals surface area contributed by atoms with E-state index in [0.29, 0.717) is 0 Å². The fraction of sp³-hybridized carbons (Fsp3) is 0.316. The number of esters is 1. The number of hydrogen-bond acceptors (Lipinski definition) is 6. The van der Waals surface area contributed by atoms with Crippen LogP contribution in [0.2, 0.25) is 0 Å². The molecule has 1 aliphatic heterocycles. The smallest absolute Gasteiger partial charge is 0.416 e. The molecule has 0 N–H and O–H groups in total. The first-order chi connectivity index (χ1) is 12.5. The van der Waals surface area contributed by atoms with Crippen LogP contribution in [-0.4, -0.2) is 49.7 Å². The Morgan fingerprint density at radius 3 is 2.62 bits per heavy atom. The molecular weight excluding hydrogens is 338 g/mol. The summed E-state index contributed by atoms with van der Waals surface area (Å²) < 4.78 is 15.0. The summed E-state index contributed by atoms with van der Waals surface area (Å²) in [5.41, 5.74) is 0.778. The number of imide groups is 1. The zero-order valence-electron chi connectivity index (χ0n) is 14.6. The highest BCUT2D eigenvalue weighted by Gasteiger charge is 2.29. The minimum Gasteiger partial charge on any atom is -0.497 e. The van der Waals surface area contributed by atoms with Gasteiger partial charge in [-0.2, -0.15) is 0 Å². The maximum absolute atomic E-state index is 12.3. The third kappa shape index (κ3) is 3.61. The van der Waals surface area contributed by atoms with Gasteiger partial charge in [0.05, 0.1) is 19.6 Å². The molecule has 136 valence electrons. The summed E-state index contributed by atoms with van der Waals surface area (Å²) >= 11 is 0. The number of carbonyl (C=O) groups excluding carboxylic acids is 3. The highest BCUT2D eigenvalue weighted by molar-refractivity contribution is 5.94. The summed E-state index contributed by atoms with van der Waals surface area (Å²) in [5, 5.41) is 1.97. The van der Waals surface area contributed by atoms with Crippen molar-refractivity contribution in [2.45, 2.75) is 12.8 Å². The van der Waals surface area contributed by atoms with E-state index >= 15 is 0 Å². The number of benzene rings is 2. The van der Waals surface area contributed by atoms with E-state index in [1.165, 1.54) is 0 Å². The van der Waals surface area contributed by atoms with E-state index in [4.69, 9.17) is 9.47 Å². The maximum atomic E-state index is 12.3. The fourth-order valence-electron chi connectivity index (χ4n) is 2.73. The molecule has 0 saturated carbocycles. The van der Waals surface area contributed by atoms with Crippen LogP contribution < -0.4 is 4.74 Å². The van der Waals surface area contributed by atoms with Crippen LogP contribution in [0.3, 0.4) is 0 Å². The molecule has 0 aliphatic carbocycles. The van der Waals surface area contributed by atoms with E-state index in [-0.39, 0.29) is 13.2 Å². The number of methoxy groups -OCH3 is 1. The summed E-state index contributed by atoms with van der Waals surface area (Å²) in [7, 11) is 1.61. The van der Waals surface area contributed by atoms with Crippen LogP contribution in [0.5, 0.6) is 5.75 Å². The summed E-state index contributed by atoms with van der Waals surface area (Å²) in [6.45, 7) is 1.57. The lowest BCUT2D eigenvalue weighted by Crippen LogP contribution is -2.35. The second-order valence-electron chi connectivity index (χ2n) is 5.96. The Kier molecular flexibility index (Phi) is 5.06. The third-order valence-electron chi connectivity index (χ3n) is 4.32. The number of fused-ring (bicyclic) bond motifs is 1. The summed E-state index contributed by atoms with van der Waals surface area (Å²) in [5.74, 6) is -0.895. The number of cyclic esters (lactones) is 1. The Morgan fingerprint density at radius 1 is 1.19 bits per heavy atom. The average molecular weight is 357 g/mol. The summed E-state index contributed by atoms with van der Waals surface area (Å²) in [4.78, 5) is 36.4. The maximum Gasteiger partial charge on any atom is 0.416 e. The van der Waals surface area contributed by atoms with Gasteiger partial charge in [0, 0.05) is 0 Å². The van der Waals surface area contributed by atoms with Crippen molar-refractivity contribution in [3.63, 3.8) is 0 Å². The predicted molar refractivity (Wildman–Crippen MR) is 92.9 cm³/mol. The van der Waals surface area contributed by atoms with Crippen LogP contribution in [0.4, 0.5) is 4.79 Å². The van der Waals surface area contributed by atoms with Gasteiger partial charge in [-0.1, -0.05) is 24.3 Å². The highest BCUT2D eigenvalue weighted by atomic mass is 16.6. The quantitative estimate of drug-likeness (QED) is 0.765. The molecule has 2 amide bonds. The molecule has 0 bridgehead atoms. The zero-order valence-corrected chi connectivity index (χ0v) is 14.6. The van der Waals surface area contributed by atoms with Crippen molar-refractivity contribution in [2.24, 2.45) is 0 Å². The van der Waals surface area contributed by atoms with Crippen molar-refractivity contribution in [1.29, 1.82) is 0 Å². The van der Waals surface area contributed by atoms with Crippen LogP contribution in [0.1, 0.15) is 18.4 Å². The molecule has 2 aromatic rings. The van der Waals surface area contributed by atoms with E-state index in [0.717, 1.165) is 27.0 Å². The average Bonchev–Trinajstić information content (AvgIpc) is 3.10. The number of hydrogen-bond donors (Lipinski definition) is 0. The van der Waals surface area contributed by atoms with Gasteiger partial charge in [0.1, 0.15) is 12.4 Å². The largest absolute Gasteiger partial charge is 0.497 e. The van der Waals surface area contributed by atoms with Crippen LogP contribution in [0, 0.1) is 0 Å². The second kappa shape index (κ2) is 7.43. The molecule has 0 aromatic heterocycles. The van der Waals surface area contributed by atoms with E-state index in [2.05, 4.69) is 4.74 Å². The van der Waals surface area contributed by atoms with Crippen molar-refractivity contribution in [1.82, 2.24) is 4.90 Å². The lowest BCUT2D eigenvalue weighted by atomic mass is 9.98. The minimum absolute atomic E-state index is 0.163. The van der Waals surface area contributed by atoms with Gasteiger partial charge in [-0.15, -0.1) is 0 Å². The molecular formula is C19H19NO6. The monoisotopic (exact) mass is 357 g/mol. The molecule has 0 unspecified atom stereocenters. The van der Waals surface area contributed by atoms with Crippen LogP contribution in [0.25, 0.3) is 10.8 Å². The molecule has 7 heteroatoms. The Morgan fingerprint density at radius 2 is 1.92 bits per heavy atom. The molecule has 0 radical (unpaired) electrons. The number of ether oxygens (including phenoxy) is 3. The first-order valence-corrected chi connectivity index (χ1v) is 8.21. The number of amides is 2. The Balaban J connectivity index is 1.65. The second-order valence-corrected chi connectivity index (χ2v) is 5.96. The first kappa shape index (κ1) is 17.7. The van der Waals surface area contributed by atoms with E-state index < -0.39 is 30.5 Å². The third-order valence-corrected chi connectivity index (χ3v) is 4.32. The van der Waals surface area contributed by atoms with Gasteiger partial charge in [0.25, 0.3) is 5.91 Å². The fourth-order valence-corrected chi connectivity index (χ4v) is 2.73. The molecule has 26 heavy (non-hydrogen) atoms. The molecule has 2 aromatic carbocycles. The number of carbonyl (C=O) groups is 3. The summed E-state index contributed by atoms with van der Waals surface area (Å²) in [6.07, 6.45) is -0.705. The number of rotatable bonds is 5. The van der Waals surface area contributed by atoms with E-state index in [1.54, 1.807) is 14.0 Å². The van der Waals surface area contributed by atoms with Gasteiger partial charge >= 0.3 is 12.1 Å². The Labute approximate surface area is 150 Å². The molecule has 1 atom stereocenters. The van der Waals surface area contributed by atoms with Crippen molar-refractivity contribution < 1.29 is 28.6 Å². The van der Waals surface area contributed by atoms with Crippen molar-refractivity contribution in [3.8, 4) is 5.75 Å². The van der Waals surface area contributed by atoms with Gasteiger partial charge in [-0.05, 0) is 35.4 Å². The topological polar surface area (TPSA) is 82.1 Å². The van der Waals surface area contributed by atoms with Crippen LogP contribution in [0.15, 0.2) is 36.4 Å². The van der Waals surface area contributed by atoms with Gasteiger partial charge in [0.2, 0.25) is 0 Å². The molecule has 3 rings (SSSR count). The van der Waals surface area contributed by atoms with Gasteiger partial charge in [-0.25, -0.2) is 9.69 Å². The van der Waals surface area contributed by atoms with Gasteiger partial charge in [-0.3, -0.25) is 9.59 Å². The van der Waals surface area contributed by atoms with Crippen LogP contribution >= 0.6 is 0 Å². The SMILES string of the molecule is COc1ccc2cc([C@H](C)C(=O)OCC(=O)N3CCOC3=O)ccc2c1. The minimum atomic E-state index is -0.705. The number of nitrogens with zero attached hydrogens (tertiary/aromatic N) is 1. The van der Waals surface area contributed by atoms with Crippen molar-refractivity contribution >= 4 is 28.7 Å². The van der Waals surface area contributed by atoms with E-state index in [1.807, 2.05) is 36.4 Å². The predicted octanol–water partition coefficient (Wildman–Crippen LogP) is 2.47. The normalized spacial score (nSPS) is 14.8. The summed E-state index contributed by atoms with van der Waals surface area (Å²) in [6, 6.07) is 11.3. The Bertz CT molecular complexity index is 862. The Hall–Kier alpha value is -3.09. The molecule has 1 aliphatic rings. The molecule has 7 nitrogen and oxygen atoms in total. The van der Waals surface area contributed by atoms with Crippen molar-refractivity contribution in [2.75, 3.05) is 26.9 Å². The van der Waals surface area contributed by atoms with Crippen LogP contribution in [-0.2, 0) is 19.1 Å². The zero-order chi connectivity index (χ0) is 18.7. The van der Waals surface area contributed by atoms with Gasteiger partial charge in [0.15, 0.2) is 6.61 Å². The molecule has 0 spiro atoms. The van der Waals surface area contributed by atoms with Gasteiger partial charge < -0.3 is 14.2 Å². The molecule has 1 heterocycles. The first-order valence-electron chi connectivity index (χ1n) is 8.21.